The molecule has 8 heteroatoms. The summed E-state index contributed by atoms with van der Waals surface area (Å²) in [7, 11) is 0. The molecule has 0 aliphatic rings. The highest BCUT2D eigenvalue weighted by Gasteiger charge is 2.06. The normalized spacial score (nSPS) is 10.2. The van der Waals surface area contributed by atoms with Gasteiger partial charge in [0.2, 0.25) is 0 Å². The Hall–Kier alpha value is -1.66. The largest absolute Gasteiger partial charge is 0.332 e. The highest BCUT2D eigenvalue weighted by atomic mass is 35.5. The first-order valence-corrected chi connectivity index (χ1v) is 8.70. The van der Waals surface area contributed by atoms with E-state index >= 15 is 0 Å². The predicted octanol–water partition coefficient (Wildman–Crippen LogP) is 4.44. The molecular weight excluding hydrogens is 351 g/mol. The topological polar surface area (TPSA) is 91.5 Å². The Morgan fingerprint density at radius 3 is 1.46 bits per heavy atom. The fourth-order valence-electron chi connectivity index (χ4n) is 1.91. The predicted molar refractivity (Wildman–Crippen MR) is 95.2 cm³/mol. The van der Waals surface area contributed by atoms with Crippen LogP contribution in [0.5, 0.6) is 0 Å². The maximum absolute atomic E-state index is 10.3. The molecule has 0 saturated heterocycles. The molecule has 2 heterocycles. The highest BCUT2D eigenvalue weighted by molar-refractivity contribution is 6.31. The van der Waals surface area contributed by atoms with Crippen LogP contribution in [0.1, 0.15) is 72.2 Å². The second-order valence-corrected chi connectivity index (χ2v) is 5.96. The Kier molecular flexibility index (Phi) is 9.34. The Bertz CT molecular complexity index is 596. The average molecular weight is 373 g/mol. The van der Waals surface area contributed by atoms with Crippen LogP contribution in [0.2, 0.25) is 10.3 Å². The second kappa shape index (κ2) is 11.0. The van der Waals surface area contributed by atoms with Gasteiger partial charge in [0.1, 0.15) is 33.3 Å². The number of nitrogens with zero attached hydrogens (tertiary/aromatic N) is 2. The summed E-state index contributed by atoms with van der Waals surface area (Å²) < 4.78 is 0. The van der Waals surface area contributed by atoms with Crippen molar-refractivity contribution in [1.82, 2.24) is 19.9 Å². The lowest BCUT2D eigenvalue weighted by molar-refractivity contribution is 0.111. The number of H-pyrrole nitrogens is 2. The number of aromatic nitrogens is 4. The number of nitrogens with one attached hydrogen (secondary N) is 2. The van der Waals surface area contributed by atoms with E-state index in [1.165, 1.54) is 0 Å². The van der Waals surface area contributed by atoms with E-state index in [9.17, 15) is 9.59 Å². The summed E-state index contributed by atoms with van der Waals surface area (Å²) >= 11 is 11.3. The number of hydrogen-bond donors (Lipinski definition) is 2. The van der Waals surface area contributed by atoms with Crippen molar-refractivity contribution in [3.63, 3.8) is 0 Å². The van der Waals surface area contributed by atoms with Crippen LogP contribution in [0.25, 0.3) is 0 Å². The number of aryl methyl sites for hydroxylation is 2. The summed E-state index contributed by atoms with van der Waals surface area (Å²) in [5.41, 5.74) is 0.616. The first-order valence-electron chi connectivity index (χ1n) is 7.94. The third kappa shape index (κ3) is 6.45. The molecule has 2 aromatic rings. The van der Waals surface area contributed by atoms with Crippen molar-refractivity contribution in [3.8, 4) is 0 Å². The Morgan fingerprint density at radius 1 is 0.833 bits per heavy atom. The third-order valence-electron chi connectivity index (χ3n) is 3.23. The second-order valence-electron chi connectivity index (χ2n) is 5.21. The summed E-state index contributed by atoms with van der Waals surface area (Å²) in [6.45, 7) is 4.20. The van der Waals surface area contributed by atoms with Crippen molar-refractivity contribution in [3.05, 3.63) is 33.3 Å². The Balaban J connectivity index is 0.000000240. The molecule has 0 radical (unpaired) electrons. The summed E-state index contributed by atoms with van der Waals surface area (Å²) in [6.07, 6.45) is 7.35. The monoisotopic (exact) mass is 372 g/mol. The summed E-state index contributed by atoms with van der Waals surface area (Å²) in [4.78, 5) is 34.4. The minimum absolute atomic E-state index is 0.308. The quantitative estimate of drug-likeness (QED) is 0.670. The molecule has 0 aliphatic carbocycles. The van der Waals surface area contributed by atoms with Crippen molar-refractivity contribution in [2.45, 2.75) is 52.4 Å². The molecule has 2 aromatic heterocycles. The molecule has 0 unspecified atom stereocenters. The molecule has 0 bridgehead atoms. The zero-order valence-electron chi connectivity index (χ0n) is 13.9. The molecule has 0 spiro atoms. The zero-order valence-corrected chi connectivity index (χ0v) is 15.4. The van der Waals surface area contributed by atoms with E-state index in [1.807, 2.05) is 0 Å². The van der Waals surface area contributed by atoms with Crippen LogP contribution in [0, 0.1) is 0 Å². The number of unbranched alkanes of at least 4 members (excludes halogenated alkanes) is 2. The lowest BCUT2D eigenvalue weighted by Crippen LogP contribution is -1.87. The molecule has 0 saturated carbocycles. The summed E-state index contributed by atoms with van der Waals surface area (Å²) in [5, 5.41) is 0.687. The number of carbonyl (C=O) groups excluding carboxylic acids is 2. The molecule has 2 N–H and O–H groups in total. The maximum atomic E-state index is 10.3. The highest BCUT2D eigenvalue weighted by Crippen LogP contribution is 2.12. The molecular formula is C16H22Cl2N4O2. The van der Waals surface area contributed by atoms with Crippen molar-refractivity contribution in [2.75, 3.05) is 0 Å². The van der Waals surface area contributed by atoms with Gasteiger partial charge in [0.15, 0.2) is 12.6 Å². The van der Waals surface area contributed by atoms with Crippen molar-refractivity contribution in [2.24, 2.45) is 0 Å². The van der Waals surface area contributed by atoms with Crippen LogP contribution in [0.4, 0.5) is 0 Å². The van der Waals surface area contributed by atoms with E-state index in [2.05, 4.69) is 33.8 Å². The minimum atomic E-state index is 0.308. The molecule has 0 amide bonds. The Morgan fingerprint density at radius 2 is 1.21 bits per heavy atom. The van der Waals surface area contributed by atoms with Crippen molar-refractivity contribution >= 4 is 35.8 Å². The van der Waals surface area contributed by atoms with Gasteiger partial charge < -0.3 is 9.97 Å². The lowest BCUT2D eigenvalue weighted by atomic mass is 10.2. The lowest BCUT2D eigenvalue weighted by Gasteiger charge is -1.90. The number of carbonyl (C=O) groups is 2. The number of aromatic amines is 2. The van der Waals surface area contributed by atoms with Gasteiger partial charge in [0, 0.05) is 12.8 Å². The van der Waals surface area contributed by atoms with Crippen LogP contribution < -0.4 is 0 Å². The fourth-order valence-corrected chi connectivity index (χ4v) is 2.30. The van der Waals surface area contributed by atoms with Gasteiger partial charge >= 0.3 is 0 Å². The van der Waals surface area contributed by atoms with Crippen LogP contribution >= 0.6 is 23.2 Å². The van der Waals surface area contributed by atoms with E-state index < -0.39 is 0 Å². The number of aldehydes is 2. The number of imidazole rings is 2. The van der Waals surface area contributed by atoms with Gasteiger partial charge in [-0.15, -0.1) is 0 Å². The smallest absolute Gasteiger partial charge is 0.171 e. The van der Waals surface area contributed by atoms with Crippen LogP contribution in [0.15, 0.2) is 0 Å². The third-order valence-corrected chi connectivity index (χ3v) is 3.80. The van der Waals surface area contributed by atoms with Gasteiger partial charge in [-0.1, -0.05) is 49.9 Å². The van der Waals surface area contributed by atoms with Crippen molar-refractivity contribution in [1.29, 1.82) is 0 Å². The molecule has 132 valence electrons. The molecule has 6 nitrogen and oxygen atoms in total. The van der Waals surface area contributed by atoms with E-state index in [0.29, 0.717) is 34.3 Å². The Labute approximate surface area is 151 Å². The van der Waals surface area contributed by atoms with Gasteiger partial charge in [-0.05, 0) is 12.8 Å². The fraction of sp³-hybridized carbons (Fsp3) is 0.500. The van der Waals surface area contributed by atoms with Crippen LogP contribution in [-0.4, -0.2) is 32.5 Å². The van der Waals surface area contributed by atoms with Crippen LogP contribution in [-0.2, 0) is 12.8 Å². The average Bonchev–Trinajstić information content (AvgIpc) is 3.13. The number of rotatable bonds is 8. The maximum Gasteiger partial charge on any atom is 0.171 e. The molecule has 0 fully saturated rings. The van der Waals surface area contributed by atoms with E-state index in [0.717, 1.165) is 50.2 Å². The summed E-state index contributed by atoms with van der Waals surface area (Å²) in [5.74, 6) is 1.59. The molecule has 2 rings (SSSR count). The standard InChI is InChI=1S/2C8H11ClN2O/c2*1-2-3-4-7-10-6(5-12)8(9)11-7/h2*5H,2-4H2,1H3,(H,10,11). The van der Waals surface area contributed by atoms with Gasteiger partial charge in [-0.3, -0.25) is 9.59 Å². The summed E-state index contributed by atoms with van der Waals surface area (Å²) in [6, 6.07) is 0. The van der Waals surface area contributed by atoms with Gasteiger partial charge in [0.25, 0.3) is 0 Å². The molecule has 0 aromatic carbocycles. The molecule has 24 heavy (non-hydrogen) atoms. The zero-order chi connectivity index (χ0) is 17.9. The van der Waals surface area contributed by atoms with Crippen LogP contribution in [0.3, 0.4) is 0 Å². The SMILES string of the molecule is CCCCc1nc(C=O)c(Cl)[nH]1.CCCCc1nc(C=O)c(Cl)[nH]1. The van der Waals surface area contributed by atoms with Crippen molar-refractivity contribution < 1.29 is 9.59 Å². The minimum Gasteiger partial charge on any atom is -0.332 e. The van der Waals surface area contributed by atoms with E-state index in [4.69, 9.17) is 23.2 Å². The van der Waals surface area contributed by atoms with E-state index in [1.54, 1.807) is 0 Å². The first-order chi connectivity index (χ1) is 11.5. The molecule has 0 aliphatic heterocycles. The number of halogens is 2. The van der Waals surface area contributed by atoms with Gasteiger partial charge in [0.05, 0.1) is 0 Å². The molecule has 0 atom stereocenters. The number of hydrogen-bond acceptors (Lipinski definition) is 4. The van der Waals surface area contributed by atoms with E-state index in [-0.39, 0.29) is 0 Å². The first kappa shape index (κ1) is 20.4. The van der Waals surface area contributed by atoms with Gasteiger partial charge in [-0.2, -0.15) is 0 Å². The van der Waals surface area contributed by atoms with Gasteiger partial charge in [-0.25, -0.2) is 9.97 Å².